The van der Waals surface area contributed by atoms with E-state index in [2.05, 4.69) is 20.5 Å². The predicted octanol–water partition coefficient (Wildman–Crippen LogP) is 2.82. The van der Waals surface area contributed by atoms with Gasteiger partial charge in [-0.25, -0.2) is 4.39 Å². The molecule has 3 aromatic rings. The normalized spacial score (nSPS) is 20.7. The molecule has 0 spiro atoms. The fourth-order valence-corrected chi connectivity index (χ4v) is 3.64. The van der Waals surface area contributed by atoms with Gasteiger partial charge < -0.3 is 16.2 Å². The maximum absolute atomic E-state index is 13.6. The molecular weight excluding hydrogens is 373 g/mol. The number of halogens is 1. The van der Waals surface area contributed by atoms with E-state index in [0.29, 0.717) is 36.5 Å². The molecule has 1 aliphatic carbocycles. The van der Waals surface area contributed by atoms with Crippen molar-refractivity contribution in [1.29, 1.82) is 0 Å². The molecule has 1 fully saturated rings. The molecule has 4 N–H and O–H groups in total. The summed E-state index contributed by atoms with van der Waals surface area (Å²) in [6, 6.07) is 13.7. The van der Waals surface area contributed by atoms with E-state index < -0.39 is 12.1 Å². The number of phenols is 1. The molecule has 148 valence electrons. The minimum Gasteiger partial charge on any atom is -0.507 e. The average Bonchev–Trinajstić information content (AvgIpc) is 2.71. The van der Waals surface area contributed by atoms with Crippen molar-refractivity contribution in [2.24, 2.45) is 5.73 Å². The third kappa shape index (κ3) is 3.73. The van der Waals surface area contributed by atoms with Crippen LogP contribution in [-0.2, 0) is 5.41 Å². The minimum atomic E-state index is -0.818. The van der Waals surface area contributed by atoms with Crippen LogP contribution in [0.1, 0.15) is 28.9 Å². The van der Waals surface area contributed by atoms with Gasteiger partial charge in [0.25, 0.3) is 5.91 Å². The van der Waals surface area contributed by atoms with Crippen LogP contribution < -0.4 is 11.1 Å². The zero-order valence-electron chi connectivity index (χ0n) is 15.5. The molecule has 0 aliphatic heterocycles. The van der Waals surface area contributed by atoms with Gasteiger partial charge in [0.2, 0.25) is 0 Å². The Balaban J connectivity index is 1.49. The molecule has 0 saturated heterocycles. The molecule has 1 amide bonds. The Bertz CT molecular complexity index is 1020. The number of alkyl halides is 1. The Morgan fingerprint density at radius 3 is 2.66 bits per heavy atom. The van der Waals surface area contributed by atoms with Crippen molar-refractivity contribution >= 4 is 11.7 Å². The molecule has 4 rings (SSSR count). The van der Waals surface area contributed by atoms with Gasteiger partial charge in [0, 0.05) is 29.4 Å². The van der Waals surface area contributed by atoms with E-state index in [4.69, 9.17) is 5.73 Å². The predicted molar refractivity (Wildman–Crippen MR) is 106 cm³/mol. The lowest BCUT2D eigenvalue weighted by atomic mass is 9.65. The number of benzene rings is 1. The molecule has 1 aliphatic rings. The first-order valence-electron chi connectivity index (χ1n) is 9.23. The van der Waals surface area contributed by atoms with E-state index in [-0.39, 0.29) is 16.7 Å². The summed E-state index contributed by atoms with van der Waals surface area (Å²) >= 11 is 0. The summed E-state index contributed by atoms with van der Waals surface area (Å²) in [7, 11) is 0. The first-order valence-corrected chi connectivity index (χ1v) is 9.23. The van der Waals surface area contributed by atoms with Crippen molar-refractivity contribution in [1.82, 2.24) is 15.2 Å². The molecule has 1 aromatic carbocycles. The first-order chi connectivity index (χ1) is 14.0. The number of carbonyl (C=O) groups excluding carboxylic acids is 1. The van der Waals surface area contributed by atoms with Crippen LogP contribution in [-0.4, -0.2) is 38.9 Å². The highest BCUT2D eigenvalue weighted by Gasteiger charge is 2.46. The summed E-state index contributed by atoms with van der Waals surface area (Å²) in [5, 5.41) is 21.3. The summed E-state index contributed by atoms with van der Waals surface area (Å²) in [5.41, 5.74) is 6.95. The molecule has 7 nitrogen and oxygen atoms in total. The van der Waals surface area contributed by atoms with Gasteiger partial charge in [0.15, 0.2) is 0 Å². The second-order valence-corrected chi connectivity index (χ2v) is 7.25. The second kappa shape index (κ2) is 7.46. The number of hydrogen-bond acceptors (Lipinski definition) is 6. The van der Waals surface area contributed by atoms with Gasteiger partial charge in [-0.3, -0.25) is 9.78 Å². The Kier molecular flexibility index (Phi) is 4.84. The van der Waals surface area contributed by atoms with Crippen molar-refractivity contribution in [3.63, 3.8) is 0 Å². The molecule has 0 atom stereocenters. The van der Waals surface area contributed by atoms with Crippen LogP contribution in [0.3, 0.4) is 0 Å². The zero-order valence-corrected chi connectivity index (χ0v) is 15.5. The maximum Gasteiger partial charge on any atom is 0.252 e. The zero-order chi connectivity index (χ0) is 20.4. The number of aromatic hydroxyl groups is 1. The van der Waals surface area contributed by atoms with Crippen molar-refractivity contribution in [2.75, 3.05) is 11.9 Å². The van der Waals surface area contributed by atoms with Crippen LogP contribution in [0.15, 0.2) is 54.7 Å². The van der Waals surface area contributed by atoms with Gasteiger partial charge in [0.1, 0.15) is 17.7 Å². The molecule has 8 heteroatoms. The van der Waals surface area contributed by atoms with E-state index >= 15 is 0 Å². The first kappa shape index (κ1) is 18.8. The van der Waals surface area contributed by atoms with Gasteiger partial charge >= 0.3 is 0 Å². The standard InChI is InChI=1S/C21H20FN5O2/c22-14-10-21(11-14,18-3-1-2-8-24-18)12-25-19-7-5-16(26-27-19)13-4-6-17(28)15(9-13)20(23)29/h1-9,14,28H,10-12H2,(H2,23,29)(H,25,27). The third-order valence-electron chi connectivity index (χ3n) is 5.26. The largest absolute Gasteiger partial charge is 0.507 e. The average molecular weight is 393 g/mol. The van der Waals surface area contributed by atoms with Crippen molar-refractivity contribution < 1.29 is 14.3 Å². The molecule has 0 radical (unpaired) electrons. The highest BCUT2D eigenvalue weighted by molar-refractivity contribution is 5.96. The molecule has 0 unspecified atom stereocenters. The molecule has 1 saturated carbocycles. The van der Waals surface area contributed by atoms with Crippen molar-refractivity contribution in [3.05, 3.63) is 66.0 Å². The molecule has 2 aromatic heterocycles. The number of carbonyl (C=O) groups is 1. The van der Waals surface area contributed by atoms with Crippen LogP contribution in [0, 0.1) is 0 Å². The van der Waals surface area contributed by atoms with Crippen molar-refractivity contribution in [2.45, 2.75) is 24.4 Å². The number of primary amides is 1. The number of pyridine rings is 1. The third-order valence-corrected chi connectivity index (χ3v) is 5.26. The van der Waals surface area contributed by atoms with Gasteiger partial charge in [-0.1, -0.05) is 6.07 Å². The number of nitrogens with two attached hydrogens (primary N) is 1. The summed E-state index contributed by atoms with van der Waals surface area (Å²) in [5.74, 6) is -0.346. The number of nitrogens with one attached hydrogen (secondary N) is 1. The van der Waals surface area contributed by atoms with E-state index in [9.17, 15) is 14.3 Å². The number of rotatable bonds is 6. The Labute approximate surface area is 166 Å². The van der Waals surface area contributed by atoms with Crippen LogP contribution in [0.2, 0.25) is 0 Å². The molecular formula is C21H20FN5O2. The number of amides is 1. The van der Waals surface area contributed by atoms with E-state index in [1.165, 1.54) is 12.1 Å². The summed E-state index contributed by atoms with van der Waals surface area (Å²) in [6.07, 6.45) is 1.74. The summed E-state index contributed by atoms with van der Waals surface area (Å²) in [4.78, 5) is 15.8. The van der Waals surface area contributed by atoms with Crippen LogP contribution >= 0.6 is 0 Å². The van der Waals surface area contributed by atoms with E-state index in [1.54, 1.807) is 24.4 Å². The van der Waals surface area contributed by atoms with Gasteiger partial charge in [-0.15, -0.1) is 10.2 Å². The highest BCUT2D eigenvalue weighted by Crippen LogP contribution is 2.44. The molecule has 0 bridgehead atoms. The van der Waals surface area contributed by atoms with E-state index in [0.717, 1.165) is 5.69 Å². The second-order valence-electron chi connectivity index (χ2n) is 7.25. The lowest BCUT2D eigenvalue weighted by Gasteiger charge is -2.43. The van der Waals surface area contributed by atoms with Crippen LogP contribution in [0.25, 0.3) is 11.3 Å². The maximum atomic E-state index is 13.6. The number of aromatic nitrogens is 3. The summed E-state index contributed by atoms with van der Waals surface area (Å²) in [6.45, 7) is 0.503. The quantitative estimate of drug-likeness (QED) is 0.593. The Morgan fingerprint density at radius 1 is 1.21 bits per heavy atom. The fourth-order valence-electron chi connectivity index (χ4n) is 3.64. The number of anilines is 1. The number of nitrogens with zero attached hydrogens (tertiary/aromatic N) is 3. The van der Waals surface area contributed by atoms with Crippen LogP contribution in [0.5, 0.6) is 5.75 Å². The van der Waals surface area contributed by atoms with E-state index in [1.807, 2.05) is 18.2 Å². The molecule has 2 heterocycles. The van der Waals surface area contributed by atoms with Crippen molar-refractivity contribution in [3.8, 4) is 17.0 Å². The molecule has 29 heavy (non-hydrogen) atoms. The number of hydrogen-bond donors (Lipinski definition) is 3. The SMILES string of the molecule is NC(=O)c1cc(-c2ccc(NCC3(c4ccccn4)CC(F)C3)nn2)ccc1O. The van der Waals surface area contributed by atoms with Gasteiger partial charge in [-0.2, -0.15) is 0 Å². The fraction of sp³-hybridized carbons (Fsp3) is 0.238. The summed E-state index contributed by atoms with van der Waals surface area (Å²) < 4.78 is 13.6. The lowest BCUT2D eigenvalue weighted by Crippen LogP contribution is -2.48. The Hall–Kier alpha value is -3.55. The topological polar surface area (TPSA) is 114 Å². The monoisotopic (exact) mass is 393 g/mol. The highest BCUT2D eigenvalue weighted by atomic mass is 19.1. The smallest absolute Gasteiger partial charge is 0.252 e. The van der Waals surface area contributed by atoms with Gasteiger partial charge in [0.05, 0.1) is 11.3 Å². The van der Waals surface area contributed by atoms with Gasteiger partial charge in [-0.05, 0) is 55.3 Å². The van der Waals surface area contributed by atoms with Crippen LogP contribution in [0.4, 0.5) is 10.2 Å². The minimum absolute atomic E-state index is 0.0227. The lowest BCUT2D eigenvalue weighted by molar-refractivity contribution is 0.0992. The Morgan fingerprint density at radius 2 is 2.03 bits per heavy atom.